The molecule has 2 rings (SSSR count). The maximum Gasteiger partial charge on any atom is 0.0130 e. The van der Waals surface area contributed by atoms with Gasteiger partial charge in [0, 0.05) is 12.3 Å². The highest BCUT2D eigenvalue weighted by Gasteiger charge is 2.20. The maximum atomic E-state index is 6.25. The molecule has 0 heterocycles. The van der Waals surface area contributed by atoms with Crippen molar-refractivity contribution in [1.82, 2.24) is 0 Å². The fourth-order valence-electron chi connectivity index (χ4n) is 2.26. The van der Waals surface area contributed by atoms with Crippen molar-refractivity contribution in [1.29, 1.82) is 0 Å². The predicted molar refractivity (Wildman–Crippen MR) is 76.0 cm³/mol. The summed E-state index contributed by atoms with van der Waals surface area (Å²) in [6, 6.07) is 20.6. The predicted octanol–water partition coefficient (Wildman–Crippen LogP) is 4.17. The van der Waals surface area contributed by atoms with E-state index in [4.69, 9.17) is 13.3 Å². The van der Waals surface area contributed by atoms with Gasteiger partial charge in [0.2, 0.25) is 0 Å². The molecule has 0 aliphatic rings. The van der Waals surface area contributed by atoms with Crippen molar-refractivity contribution in [3.63, 3.8) is 0 Å². The molecular formula is C18H16. The number of rotatable bonds is 4. The highest BCUT2D eigenvalue weighted by molar-refractivity contribution is 5.33. The third kappa shape index (κ3) is 2.81. The van der Waals surface area contributed by atoms with E-state index >= 15 is 0 Å². The van der Waals surface area contributed by atoms with Gasteiger partial charge >= 0.3 is 0 Å². The lowest BCUT2D eigenvalue weighted by Gasteiger charge is -2.23. The molecule has 0 aliphatic carbocycles. The summed E-state index contributed by atoms with van der Waals surface area (Å²) in [4.78, 5) is 0. The van der Waals surface area contributed by atoms with Gasteiger partial charge in [-0.25, -0.2) is 0 Å². The average Bonchev–Trinajstić information content (AvgIpc) is 2.42. The standard InChI is InChI=1S/C18H16/c1-3-10-15(2)18(16-11-6-4-7-12-16)17-13-8-5-9-14-17/h1-2,4-9,11-15,18H,10H2. The molecule has 0 amide bonds. The Labute approximate surface area is 110 Å². The van der Waals surface area contributed by atoms with Crippen molar-refractivity contribution in [2.75, 3.05) is 0 Å². The van der Waals surface area contributed by atoms with Gasteiger partial charge in [-0.1, -0.05) is 60.7 Å². The molecule has 88 valence electrons. The Hall–Kier alpha value is -2.00. The van der Waals surface area contributed by atoms with Gasteiger partial charge in [0.15, 0.2) is 0 Å². The summed E-state index contributed by atoms with van der Waals surface area (Å²) in [5.41, 5.74) is 2.43. The van der Waals surface area contributed by atoms with Crippen LogP contribution < -0.4 is 0 Å². The molecule has 0 aliphatic heterocycles. The van der Waals surface area contributed by atoms with E-state index in [2.05, 4.69) is 30.2 Å². The van der Waals surface area contributed by atoms with Gasteiger partial charge in [-0.05, 0) is 24.0 Å². The molecule has 0 saturated heterocycles. The molecule has 0 spiro atoms. The van der Waals surface area contributed by atoms with Crippen molar-refractivity contribution >= 4 is 0 Å². The Kier molecular flexibility index (Phi) is 4.20. The van der Waals surface area contributed by atoms with Gasteiger partial charge in [0.05, 0.1) is 0 Å². The van der Waals surface area contributed by atoms with E-state index in [0.29, 0.717) is 6.42 Å². The maximum absolute atomic E-state index is 6.25. The molecule has 0 nitrogen and oxygen atoms in total. The Morgan fingerprint density at radius 3 is 1.67 bits per heavy atom. The molecule has 0 bridgehead atoms. The summed E-state index contributed by atoms with van der Waals surface area (Å²) in [6.07, 6.45) is 5.97. The van der Waals surface area contributed by atoms with Crippen LogP contribution in [0.25, 0.3) is 0 Å². The van der Waals surface area contributed by atoms with E-state index in [0.717, 1.165) is 0 Å². The molecular weight excluding hydrogens is 216 g/mol. The third-order valence-electron chi connectivity index (χ3n) is 3.10. The van der Waals surface area contributed by atoms with Crippen LogP contribution in [0.15, 0.2) is 60.7 Å². The molecule has 0 saturated carbocycles. The second-order valence-electron chi connectivity index (χ2n) is 4.37. The lowest BCUT2D eigenvalue weighted by Crippen LogP contribution is -2.11. The lowest BCUT2D eigenvalue weighted by molar-refractivity contribution is 0.581. The highest BCUT2D eigenvalue weighted by atomic mass is 14.2. The molecule has 2 radical (unpaired) electrons. The van der Waals surface area contributed by atoms with Crippen molar-refractivity contribution < 1.29 is 0 Å². The average molecular weight is 232 g/mol. The third-order valence-corrected chi connectivity index (χ3v) is 3.10. The monoisotopic (exact) mass is 232 g/mol. The van der Waals surface area contributed by atoms with Crippen LogP contribution in [-0.4, -0.2) is 0 Å². The highest BCUT2D eigenvalue weighted by Crippen LogP contribution is 2.33. The van der Waals surface area contributed by atoms with E-state index in [9.17, 15) is 0 Å². The Morgan fingerprint density at radius 2 is 1.28 bits per heavy atom. The van der Waals surface area contributed by atoms with Gasteiger partial charge in [-0.2, -0.15) is 0 Å². The molecule has 0 aromatic heterocycles. The van der Waals surface area contributed by atoms with Crippen molar-refractivity contribution in [3.05, 3.63) is 78.7 Å². The molecule has 1 atom stereocenters. The fourth-order valence-corrected chi connectivity index (χ4v) is 2.26. The quantitative estimate of drug-likeness (QED) is 0.694. The molecule has 0 fully saturated rings. The molecule has 2 aromatic carbocycles. The van der Waals surface area contributed by atoms with Crippen LogP contribution in [0.2, 0.25) is 0 Å². The number of benzene rings is 2. The van der Waals surface area contributed by atoms with Gasteiger partial charge < -0.3 is 0 Å². The summed E-state index contributed by atoms with van der Waals surface area (Å²) in [7, 11) is 0. The minimum atomic E-state index is -0.0557. The zero-order valence-electron chi connectivity index (χ0n) is 10.3. The molecule has 1 unspecified atom stereocenters. The van der Waals surface area contributed by atoms with Crippen molar-refractivity contribution in [3.8, 4) is 12.3 Å². The molecule has 0 N–H and O–H groups in total. The SMILES string of the molecule is [CH]C(CC#C)C(c1ccccc1)c1ccccc1. The van der Waals surface area contributed by atoms with Crippen LogP contribution >= 0.6 is 0 Å². The van der Waals surface area contributed by atoms with Gasteiger partial charge in [0.25, 0.3) is 0 Å². The van der Waals surface area contributed by atoms with Gasteiger partial charge in [0.1, 0.15) is 0 Å². The minimum Gasteiger partial charge on any atom is -0.120 e. The molecule has 0 heteroatoms. The number of hydrogen-bond donors (Lipinski definition) is 0. The minimum absolute atomic E-state index is 0.0557. The van der Waals surface area contributed by atoms with Crippen LogP contribution in [-0.2, 0) is 0 Å². The van der Waals surface area contributed by atoms with Crippen molar-refractivity contribution in [2.24, 2.45) is 5.92 Å². The Balaban J connectivity index is 2.39. The topological polar surface area (TPSA) is 0 Å². The van der Waals surface area contributed by atoms with Crippen LogP contribution in [0.5, 0.6) is 0 Å². The van der Waals surface area contributed by atoms with E-state index in [1.165, 1.54) is 11.1 Å². The zero-order valence-corrected chi connectivity index (χ0v) is 10.3. The van der Waals surface area contributed by atoms with E-state index < -0.39 is 0 Å². The summed E-state index contributed by atoms with van der Waals surface area (Å²) >= 11 is 0. The first kappa shape index (κ1) is 12.5. The second kappa shape index (κ2) is 6.07. The van der Waals surface area contributed by atoms with E-state index in [1.54, 1.807) is 0 Å². The first-order chi connectivity index (χ1) is 8.83. The van der Waals surface area contributed by atoms with Gasteiger partial charge in [-0.15, -0.1) is 12.3 Å². The van der Waals surface area contributed by atoms with Crippen LogP contribution in [0.3, 0.4) is 0 Å². The summed E-state index contributed by atoms with van der Waals surface area (Å²) in [5, 5.41) is 0. The van der Waals surface area contributed by atoms with Crippen LogP contribution in [0.1, 0.15) is 23.5 Å². The van der Waals surface area contributed by atoms with Crippen molar-refractivity contribution in [2.45, 2.75) is 12.3 Å². The summed E-state index contributed by atoms with van der Waals surface area (Å²) < 4.78 is 0. The van der Waals surface area contributed by atoms with E-state index in [1.807, 2.05) is 36.4 Å². The zero-order chi connectivity index (χ0) is 12.8. The second-order valence-corrected chi connectivity index (χ2v) is 4.37. The number of hydrogen-bond acceptors (Lipinski definition) is 0. The van der Waals surface area contributed by atoms with Crippen LogP contribution in [0, 0.1) is 25.2 Å². The first-order valence-electron chi connectivity index (χ1n) is 6.12. The summed E-state index contributed by atoms with van der Waals surface area (Å²) in [6.45, 7) is 6.25. The Bertz CT molecular complexity index is 465. The summed E-state index contributed by atoms with van der Waals surface area (Å²) in [5.74, 6) is 2.76. The normalized spacial score (nSPS) is 12.1. The molecule has 18 heavy (non-hydrogen) atoms. The largest absolute Gasteiger partial charge is 0.120 e. The fraction of sp³-hybridized carbons (Fsp3) is 0.167. The number of terminal acetylenes is 1. The Morgan fingerprint density at radius 1 is 0.833 bits per heavy atom. The lowest BCUT2D eigenvalue weighted by atomic mass is 9.80. The molecule has 2 aromatic rings. The van der Waals surface area contributed by atoms with Crippen LogP contribution in [0.4, 0.5) is 0 Å². The van der Waals surface area contributed by atoms with E-state index in [-0.39, 0.29) is 11.8 Å². The first-order valence-corrected chi connectivity index (χ1v) is 6.12. The van der Waals surface area contributed by atoms with Gasteiger partial charge in [-0.3, -0.25) is 0 Å². The smallest absolute Gasteiger partial charge is 0.0130 e.